The van der Waals surface area contributed by atoms with Crippen LogP contribution in [0.1, 0.15) is 10.4 Å². The zero-order valence-corrected chi connectivity index (χ0v) is 14.3. The van der Waals surface area contributed by atoms with Gasteiger partial charge in [0, 0.05) is 29.2 Å². The Kier molecular flexibility index (Phi) is 4.18. The fourth-order valence-corrected chi connectivity index (χ4v) is 3.98. The number of hydrogen-bond acceptors (Lipinski definition) is 4. The molecule has 1 aromatic carbocycles. The number of H-pyrrole nitrogens is 1. The van der Waals surface area contributed by atoms with Crippen LogP contribution in [0.2, 0.25) is 0 Å². The summed E-state index contributed by atoms with van der Waals surface area (Å²) in [7, 11) is 0. The molecule has 1 amide bonds. The molecule has 4 rings (SSSR count). The van der Waals surface area contributed by atoms with E-state index in [1.807, 2.05) is 18.2 Å². The number of rotatable bonds is 3. The molecule has 2 aromatic heterocycles. The molecule has 1 aliphatic heterocycles. The van der Waals surface area contributed by atoms with Crippen molar-refractivity contribution in [1.29, 1.82) is 0 Å². The van der Waals surface area contributed by atoms with Crippen LogP contribution < -0.4 is 4.90 Å². The van der Waals surface area contributed by atoms with Crippen molar-refractivity contribution in [2.24, 2.45) is 4.99 Å². The summed E-state index contributed by atoms with van der Waals surface area (Å²) in [6.45, 7) is 0. The normalized spacial score (nSPS) is 18.5. The highest BCUT2D eigenvalue weighted by Gasteiger charge is 2.37. The lowest BCUT2D eigenvalue weighted by Crippen LogP contribution is -2.40. The van der Waals surface area contributed by atoms with Crippen LogP contribution in [-0.4, -0.2) is 43.9 Å². The van der Waals surface area contributed by atoms with Gasteiger partial charge >= 0.3 is 5.97 Å². The molecule has 0 spiro atoms. The van der Waals surface area contributed by atoms with Crippen LogP contribution in [0.4, 0.5) is 5.69 Å². The number of nitrogens with zero attached hydrogens (tertiary/aromatic N) is 3. The number of fused-ring (bicyclic) bond motifs is 1. The number of carboxylic acids is 1. The van der Waals surface area contributed by atoms with Crippen LogP contribution in [0.15, 0.2) is 59.9 Å². The summed E-state index contributed by atoms with van der Waals surface area (Å²) in [6.07, 6.45) is 3.21. The molecule has 8 heteroatoms. The zero-order chi connectivity index (χ0) is 18.1. The van der Waals surface area contributed by atoms with Gasteiger partial charge in [0.2, 0.25) is 0 Å². The second-order valence-electron chi connectivity index (χ2n) is 5.67. The first-order chi connectivity index (χ1) is 12.6. The molecule has 0 saturated carbocycles. The molecule has 1 aliphatic rings. The molecule has 3 aromatic rings. The largest absolute Gasteiger partial charge is 0.480 e. The lowest BCUT2D eigenvalue weighted by Gasteiger charge is -2.22. The number of nitrogens with one attached hydrogen (secondary N) is 1. The molecule has 1 atom stereocenters. The van der Waals surface area contributed by atoms with Crippen molar-refractivity contribution in [2.75, 3.05) is 10.7 Å². The van der Waals surface area contributed by atoms with Crippen LogP contribution in [0.3, 0.4) is 0 Å². The van der Waals surface area contributed by atoms with E-state index >= 15 is 0 Å². The van der Waals surface area contributed by atoms with E-state index in [1.165, 1.54) is 11.8 Å². The summed E-state index contributed by atoms with van der Waals surface area (Å²) in [5.74, 6) is -1.06. The van der Waals surface area contributed by atoms with E-state index in [-0.39, 0.29) is 0 Å². The van der Waals surface area contributed by atoms with Gasteiger partial charge in [-0.3, -0.25) is 4.79 Å². The average Bonchev–Trinajstić information content (AvgIpc) is 3.26. The van der Waals surface area contributed by atoms with Gasteiger partial charge in [-0.05, 0) is 24.3 Å². The van der Waals surface area contributed by atoms with Crippen molar-refractivity contribution in [2.45, 2.75) is 6.04 Å². The van der Waals surface area contributed by atoms with Gasteiger partial charge in [-0.2, -0.15) is 4.99 Å². The molecule has 1 unspecified atom stereocenters. The van der Waals surface area contributed by atoms with Gasteiger partial charge in [0.15, 0.2) is 5.17 Å². The third kappa shape index (κ3) is 2.84. The molecule has 1 fully saturated rings. The number of carboxylic acid groups (broad SMARTS) is 1. The summed E-state index contributed by atoms with van der Waals surface area (Å²) < 4.78 is 0. The Bertz CT molecular complexity index is 1020. The first kappa shape index (κ1) is 16.3. The summed E-state index contributed by atoms with van der Waals surface area (Å²) in [6, 6.07) is 11.9. The van der Waals surface area contributed by atoms with E-state index in [4.69, 9.17) is 0 Å². The standard InChI is InChI=1S/C18H14N4O3S/c23-16(13-9-20-15-12(13)7-4-8-19-15)21-18-22(11-5-2-1-3-6-11)14(10-26-18)17(24)25/h1-9,14H,10H2,(H,19,20)(H,24,25). The minimum atomic E-state index is -0.949. The highest BCUT2D eigenvalue weighted by atomic mass is 32.2. The van der Waals surface area contributed by atoms with Gasteiger partial charge in [0.05, 0.1) is 5.56 Å². The molecule has 0 bridgehead atoms. The van der Waals surface area contributed by atoms with E-state index < -0.39 is 17.9 Å². The van der Waals surface area contributed by atoms with Gasteiger partial charge in [-0.25, -0.2) is 9.78 Å². The summed E-state index contributed by atoms with van der Waals surface area (Å²) >= 11 is 1.26. The number of amidine groups is 1. The molecule has 2 N–H and O–H groups in total. The fourth-order valence-electron chi connectivity index (χ4n) is 2.86. The number of thioether (sulfide) groups is 1. The van der Waals surface area contributed by atoms with E-state index in [0.29, 0.717) is 33.2 Å². The molecule has 3 heterocycles. The van der Waals surface area contributed by atoms with Gasteiger partial charge in [-0.1, -0.05) is 30.0 Å². The molecule has 0 radical (unpaired) electrons. The molecular formula is C18H14N4O3S. The second-order valence-corrected chi connectivity index (χ2v) is 6.66. The van der Waals surface area contributed by atoms with Gasteiger partial charge < -0.3 is 15.0 Å². The number of carbonyl (C=O) groups is 2. The average molecular weight is 366 g/mol. The van der Waals surface area contributed by atoms with Crippen LogP contribution in [0.5, 0.6) is 0 Å². The first-order valence-electron chi connectivity index (χ1n) is 7.90. The highest BCUT2D eigenvalue weighted by molar-refractivity contribution is 8.14. The fraction of sp³-hybridized carbons (Fsp3) is 0.111. The number of hydrogen-bond donors (Lipinski definition) is 2. The van der Waals surface area contributed by atoms with Crippen molar-refractivity contribution < 1.29 is 14.7 Å². The number of anilines is 1. The summed E-state index contributed by atoms with van der Waals surface area (Å²) in [4.78, 5) is 37.2. The van der Waals surface area contributed by atoms with Gasteiger partial charge in [0.1, 0.15) is 11.7 Å². The zero-order valence-electron chi connectivity index (χ0n) is 13.5. The predicted molar refractivity (Wildman–Crippen MR) is 101 cm³/mol. The van der Waals surface area contributed by atoms with Crippen LogP contribution >= 0.6 is 11.8 Å². The van der Waals surface area contributed by atoms with E-state index in [1.54, 1.807) is 41.6 Å². The Hall–Kier alpha value is -3.13. The van der Waals surface area contributed by atoms with E-state index in [2.05, 4.69) is 15.0 Å². The van der Waals surface area contributed by atoms with Crippen molar-refractivity contribution in [1.82, 2.24) is 9.97 Å². The number of carbonyl (C=O) groups excluding carboxylic acids is 1. The third-order valence-corrected chi connectivity index (χ3v) is 5.11. The Morgan fingerprint density at radius 2 is 2.04 bits per heavy atom. The maximum absolute atomic E-state index is 12.7. The third-order valence-electron chi connectivity index (χ3n) is 4.09. The van der Waals surface area contributed by atoms with E-state index in [9.17, 15) is 14.7 Å². The molecule has 1 saturated heterocycles. The van der Waals surface area contributed by atoms with Crippen molar-refractivity contribution >= 4 is 45.5 Å². The second kappa shape index (κ2) is 6.64. The summed E-state index contributed by atoms with van der Waals surface area (Å²) in [5, 5.41) is 10.6. The summed E-state index contributed by atoms with van der Waals surface area (Å²) in [5.41, 5.74) is 1.71. The maximum atomic E-state index is 12.7. The Labute approximate surface area is 152 Å². The molecule has 26 heavy (non-hydrogen) atoms. The number of para-hydroxylation sites is 1. The Morgan fingerprint density at radius 1 is 1.23 bits per heavy atom. The smallest absolute Gasteiger partial charge is 0.327 e. The SMILES string of the molecule is O=C(N=C1SCC(C(=O)O)N1c1ccccc1)c1c[nH]c2ncccc12. The Balaban J connectivity index is 1.73. The molecule has 7 nitrogen and oxygen atoms in total. The maximum Gasteiger partial charge on any atom is 0.327 e. The van der Waals surface area contributed by atoms with Crippen LogP contribution in [-0.2, 0) is 4.79 Å². The van der Waals surface area contributed by atoms with Crippen molar-refractivity contribution in [3.63, 3.8) is 0 Å². The van der Waals surface area contributed by atoms with Crippen LogP contribution in [0, 0.1) is 0 Å². The number of aromatic amines is 1. The first-order valence-corrected chi connectivity index (χ1v) is 8.88. The minimum Gasteiger partial charge on any atom is -0.480 e. The monoisotopic (exact) mass is 366 g/mol. The quantitative estimate of drug-likeness (QED) is 0.740. The van der Waals surface area contributed by atoms with Gasteiger partial charge in [-0.15, -0.1) is 0 Å². The Morgan fingerprint density at radius 3 is 2.81 bits per heavy atom. The van der Waals surface area contributed by atoms with Crippen LogP contribution in [0.25, 0.3) is 11.0 Å². The van der Waals surface area contributed by atoms with E-state index in [0.717, 1.165) is 0 Å². The minimum absolute atomic E-state index is 0.325. The number of pyridine rings is 1. The molecule has 130 valence electrons. The lowest BCUT2D eigenvalue weighted by molar-refractivity contribution is -0.137. The predicted octanol–water partition coefficient (Wildman–Crippen LogP) is 2.77. The number of aliphatic imine (C=N–C) groups is 1. The van der Waals surface area contributed by atoms with Gasteiger partial charge in [0.25, 0.3) is 5.91 Å². The number of aromatic nitrogens is 2. The topological polar surface area (TPSA) is 98.6 Å². The number of aliphatic carboxylic acids is 1. The van der Waals surface area contributed by atoms with Crippen molar-refractivity contribution in [3.8, 4) is 0 Å². The molecule has 0 aliphatic carbocycles. The number of amides is 1. The number of benzene rings is 1. The lowest BCUT2D eigenvalue weighted by atomic mass is 10.2. The van der Waals surface area contributed by atoms with Crippen molar-refractivity contribution in [3.05, 3.63) is 60.4 Å². The highest BCUT2D eigenvalue weighted by Crippen LogP contribution is 2.31. The molecular weight excluding hydrogens is 352 g/mol.